The third kappa shape index (κ3) is 2.59. The van der Waals surface area contributed by atoms with Gasteiger partial charge in [-0.3, -0.25) is 0 Å². The number of rotatable bonds is 3. The van der Waals surface area contributed by atoms with Gasteiger partial charge in [0, 0.05) is 0 Å². The van der Waals surface area contributed by atoms with Gasteiger partial charge in [-0.2, -0.15) is 0 Å². The molecule has 8 heteroatoms. The van der Waals surface area contributed by atoms with E-state index in [9.17, 15) is 16.8 Å². The number of benzene rings is 1. The zero-order chi connectivity index (χ0) is 12.6. The Balaban J connectivity index is 3.79. The van der Waals surface area contributed by atoms with Gasteiger partial charge in [0.1, 0.15) is 9.79 Å². The van der Waals surface area contributed by atoms with Gasteiger partial charge in [0.2, 0.25) is 20.0 Å². The summed E-state index contributed by atoms with van der Waals surface area (Å²) in [4.78, 5) is -0.880. The van der Waals surface area contributed by atoms with Gasteiger partial charge in [-0.25, -0.2) is 27.1 Å². The summed E-state index contributed by atoms with van der Waals surface area (Å²) in [6.45, 7) is 1.69. The van der Waals surface area contributed by atoms with Crippen molar-refractivity contribution < 1.29 is 16.8 Å². The summed E-state index contributed by atoms with van der Waals surface area (Å²) in [5, 5.41) is 9.91. The maximum atomic E-state index is 11.3. The van der Waals surface area contributed by atoms with Crippen LogP contribution in [0.2, 0.25) is 0 Å². The second-order valence-electron chi connectivity index (χ2n) is 3.19. The molecule has 0 saturated heterocycles. The Morgan fingerprint density at radius 1 is 1.06 bits per heavy atom. The number of sulfonamides is 2. The molecular weight excluding hydrogens is 252 g/mol. The Labute approximate surface area is 94.4 Å². The van der Waals surface area contributed by atoms with Gasteiger partial charge in [0.25, 0.3) is 0 Å². The van der Waals surface area contributed by atoms with Crippen molar-refractivity contribution in [2.24, 2.45) is 10.3 Å². The van der Waals surface area contributed by atoms with E-state index in [4.69, 9.17) is 10.3 Å². The summed E-state index contributed by atoms with van der Waals surface area (Å²) >= 11 is 0. The standard InChI is InChI=1S/C8H12N2O4S2/c1-2-6-4-3-5-7(15(9,11)12)8(6)16(10,13)14/h3-5H,2H2,1H3,(H2,9,11,12)(H2,10,13,14). The van der Waals surface area contributed by atoms with Crippen molar-refractivity contribution in [3.05, 3.63) is 23.8 Å². The van der Waals surface area contributed by atoms with Crippen molar-refractivity contribution >= 4 is 20.0 Å². The molecule has 1 aromatic carbocycles. The Morgan fingerprint density at radius 2 is 1.62 bits per heavy atom. The van der Waals surface area contributed by atoms with E-state index in [2.05, 4.69) is 0 Å². The van der Waals surface area contributed by atoms with Crippen LogP contribution in [0.25, 0.3) is 0 Å². The van der Waals surface area contributed by atoms with Crippen molar-refractivity contribution in [1.82, 2.24) is 0 Å². The summed E-state index contributed by atoms with van der Waals surface area (Å²) in [6.07, 6.45) is 0.342. The fraction of sp³-hybridized carbons (Fsp3) is 0.250. The molecule has 1 rings (SSSR count). The van der Waals surface area contributed by atoms with Crippen LogP contribution >= 0.6 is 0 Å². The summed E-state index contributed by atoms with van der Waals surface area (Å²) < 4.78 is 45.1. The van der Waals surface area contributed by atoms with Crippen LogP contribution < -0.4 is 10.3 Å². The molecule has 1 aromatic rings. The van der Waals surface area contributed by atoms with E-state index in [-0.39, 0.29) is 0 Å². The van der Waals surface area contributed by atoms with Crippen molar-refractivity contribution in [3.63, 3.8) is 0 Å². The highest BCUT2D eigenvalue weighted by Crippen LogP contribution is 2.23. The number of aryl methyl sites for hydroxylation is 1. The molecule has 4 N–H and O–H groups in total. The van der Waals surface area contributed by atoms with E-state index in [1.807, 2.05) is 0 Å². The lowest BCUT2D eigenvalue weighted by atomic mass is 10.2. The van der Waals surface area contributed by atoms with E-state index in [1.165, 1.54) is 12.1 Å². The van der Waals surface area contributed by atoms with Gasteiger partial charge in [0.05, 0.1) is 0 Å². The Kier molecular flexibility index (Phi) is 3.38. The average Bonchev–Trinajstić information content (AvgIpc) is 2.13. The second-order valence-corrected chi connectivity index (χ2v) is 6.22. The average molecular weight is 264 g/mol. The number of hydrogen-bond donors (Lipinski definition) is 2. The summed E-state index contributed by atoms with van der Waals surface area (Å²) in [5.41, 5.74) is 0.328. The monoisotopic (exact) mass is 264 g/mol. The molecule has 0 unspecified atom stereocenters. The predicted octanol–water partition coefficient (Wildman–Crippen LogP) is -0.456. The molecule has 90 valence electrons. The lowest BCUT2D eigenvalue weighted by Crippen LogP contribution is -2.22. The third-order valence-electron chi connectivity index (χ3n) is 2.03. The first-order valence-corrected chi connectivity index (χ1v) is 7.44. The highest BCUT2D eigenvalue weighted by molar-refractivity contribution is 7.92. The first-order valence-electron chi connectivity index (χ1n) is 4.35. The van der Waals surface area contributed by atoms with Crippen molar-refractivity contribution in [3.8, 4) is 0 Å². The Morgan fingerprint density at radius 3 is 2.00 bits per heavy atom. The minimum Gasteiger partial charge on any atom is -0.225 e. The van der Waals surface area contributed by atoms with Crippen LogP contribution in [0.3, 0.4) is 0 Å². The molecule has 16 heavy (non-hydrogen) atoms. The minimum atomic E-state index is -4.12. The Hall–Kier alpha value is -0.960. The lowest BCUT2D eigenvalue weighted by molar-refractivity contribution is 0.583. The largest absolute Gasteiger partial charge is 0.239 e. The molecule has 0 spiro atoms. The smallest absolute Gasteiger partial charge is 0.225 e. The van der Waals surface area contributed by atoms with Gasteiger partial charge in [-0.1, -0.05) is 19.1 Å². The van der Waals surface area contributed by atoms with Gasteiger partial charge in [0.15, 0.2) is 0 Å². The maximum Gasteiger partial charge on any atom is 0.239 e. The van der Waals surface area contributed by atoms with Crippen molar-refractivity contribution in [2.75, 3.05) is 0 Å². The van der Waals surface area contributed by atoms with Crippen LogP contribution in [-0.2, 0) is 26.5 Å². The summed E-state index contributed by atoms with van der Waals surface area (Å²) in [7, 11) is -8.23. The Bertz CT molecular complexity index is 605. The van der Waals surface area contributed by atoms with Gasteiger partial charge in [-0.15, -0.1) is 0 Å². The minimum absolute atomic E-state index is 0.328. The van der Waals surface area contributed by atoms with Gasteiger partial charge in [-0.05, 0) is 18.1 Å². The number of nitrogens with two attached hydrogens (primary N) is 2. The van der Waals surface area contributed by atoms with Crippen LogP contribution in [0, 0.1) is 0 Å². The normalized spacial score (nSPS) is 12.7. The highest BCUT2D eigenvalue weighted by atomic mass is 32.2. The second kappa shape index (κ2) is 4.13. The highest BCUT2D eigenvalue weighted by Gasteiger charge is 2.24. The fourth-order valence-corrected chi connectivity index (χ4v) is 3.67. The van der Waals surface area contributed by atoms with Crippen LogP contribution in [0.1, 0.15) is 12.5 Å². The van der Waals surface area contributed by atoms with Gasteiger partial charge >= 0.3 is 0 Å². The van der Waals surface area contributed by atoms with Crippen LogP contribution in [0.15, 0.2) is 28.0 Å². The molecule has 6 nitrogen and oxygen atoms in total. The van der Waals surface area contributed by atoms with E-state index in [0.29, 0.717) is 12.0 Å². The third-order valence-corrected chi connectivity index (χ3v) is 4.17. The molecular formula is C8H12N2O4S2. The lowest BCUT2D eigenvalue weighted by Gasteiger charge is -2.09. The molecule has 0 bridgehead atoms. The molecule has 0 fully saturated rings. The zero-order valence-electron chi connectivity index (χ0n) is 8.54. The SMILES string of the molecule is CCc1cccc(S(N)(=O)=O)c1S(N)(=O)=O. The molecule has 0 aliphatic carbocycles. The molecule has 0 saturated carbocycles. The first-order chi connectivity index (χ1) is 7.18. The molecule has 0 aromatic heterocycles. The summed E-state index contributed by atoms with van der Waals surface area (Å²) in [6, 6.07) is 4.04. The number of primary sulfonamides is 2. The zero-order valence-corrected chi connectivity index (χ0v) is 10.2. The first kappa shape index (κ1) is 13.1. The van der Waals surface area contributed by atoms with Gasteiger partial charge < -0.3 is 0 Å². The topological polar surface area (TPSA) is 120 Å². The molecule has 0 heterocycles. The van der Waals surface area contributed by atoms with E-state index in [0.717, 1.165) is 6.07 Å². The molecule has 0 atom stereocenters. The van der Waals surface area contributed by atoms with E-state index >= 15 is 0 Å². The van der Waals surface area contributed by atoms with Crippen molar-refractivity contribution in [1.29, 1.82) is 0 Å². The quantitative estimate of drug-likeness (QED) is 0.767. The van der Waals surface area contributed by atoms with Crippen LogP contribution in [0.5, 0.6) is 0 Å². The molecule has 0 aliphatic rings. The molecule has 0 radical (unpaired) electrons. The van der Waals surface area contributed by atoms with Crippen LogP contribution in [-0.4, -0.2) is 16.8 Å². The van der Waals surface area contributed by atoms with Crippen LogP contribution in [0.4, 0.5) is 0 Å². The number of hydrogen-bond acceptors (Lipinski definition) is 4. The fourth-order valence-electron chi connectivity index (χ4n) is 1.39. The summed E-state index contributed by atoms with van der Waals surface area (Å²) in [5.74, 6) is 0. The van der Waals surface area contributed by atoms with Crippen molar-refractivity contribution in [2.45, 2.75) is 23.1 Å². The van der Waals surface area contributed by atoms with E-state index in [1.54, 1.807) is 6.92 Å². The predicted molar refractivity (Wildman–Crippen MR) is 58.6 cm³/mol. The molecule has 0 amide bonds. The molecule has 0 aliphatic heterocycles. The maximum absolute atomic E-state index is 11.3. The van der Waals surface area contributed by atoms with E-state index < -0.39 is 29.8 Å².